The fourth-order valence-electron chi connectivity index (χ4n) is 3.96. The van der Waals surface area contributed by atoms with Gasteiger partial charge in [0.25, 0.3) is 0 Å². The van der Waals surface area contributed by atoms with E-state index in [-0.39, 0.29) is 11.3 Å². The number of hydrogen-bond acceptors (Lipinski definition) is 5. The van der Waals surface area contributed by atoms with Crippen molar-refractivity contribution in [3.05, 3.63) is 48.0 Å². The lowest BCUT2D eigenvalue weighted by atomic mass is 9.94. The number of phenolic OH excluding ortho intramolecular Hbond substituents is 1. The van der Waals surface area contributed by atoms with Crippen molar-refractivity contribution in [3.63, 3.8) is 0 Å². The largest absolute Gasteiger partial charge is 0.507 e. The minimum atomic E-state index is -0.429. The predicted octanol–water partition coefficient (Wildman–Crippen LogP) is 3.50. The van der Waals surface area contributed by atoms with Gasteiger partial charge >= 0.3 is 0 Å². The van der Waals surface area contributed by atoms with Gasteiger partial charge in [-0.05, 0) is 44.1 Å². The zero-order valence-electron chi connectivity index (χ0n) is 15.5. The highest BCUT2D eigenvalue weighted by Crippen LogP contribution is 2.34. The molecular formula is C21H20FN5O. The molecule has 2 N–H and O–H groups in total. The number of aryl methyl sites for hydroxylation is 1. The van der Waals surface area contributed by atoms with E-state index in [1.807, 2.05) is 25.4 Å². The molecule has 142 valence electrons. The molecule has 1 saturated heterocycles. The fraction of sp³-hybridized carbons (Fsp3) is 0.286. The van der Waals surface area contributed by atoms with Crippen LogP contribution in [0.3, 0.4) is 0 Å². The molecule has 4 heterocycles. The third-order valence-corrected chi connectivity index (χ3v) is 5.40. The summed E-state index contributed by atoms with van der Waals surface area (Å²) in [5.74, 6) is -0.0556. The van der Waals surface area contributed by atoms with Crippen LogP contribution < -0.4 is 5.32 Å². The highest BCUT2D eigenvalue weighted by atomic mass is 19.1. The third kappa shape index (κ3) is 2.88. The lowest BCUT2D eigenvalue weighted by Crippen LogP contribution is -2.27. The Morgan fingerprint density at radius 2 is 1.93 bits per heavy atom. The molecule has 6 nitrogen and oxygen atoms in total. The number of halogens is 1. The highest BCUT2D eigenvalue weighted by molar-refractivity contribution is 5.88. The molecule has 4 aromatic rings. The number of nitrogens with one attached hydrogen (secondary N) is 1. The number of pyridine rings is 2. The van der Waals surface area contributed by atoms with Crippen molar-refractivity contribution >= 4 is 21.9 Å². The van der Waals surface area contributed by atoms with Gasteiger partial charge in [-0.2, -0.15) is 5.10 Å². The first-order valence-electron chi connectivity index (χ1n) is 9.43. The first-order chi connectivity index (χ1) is 13.6. The van der Waals surface area contributed by atoms with Crippen molar-refractivity contribution in [2.45, 2.75) is 18.8 Å². The molecule has 1 aromatic carbocycles. The summed E-state index contributed by atoms with van der Waals surface area (Å²) in [6.45, 7) is 1.92. The fourth-order valence-corrected chi connectivity index (χ4v) is 3.96. The molecule has 3 aromatic heterocycles. The van der Waals surface area contributed by atoms with E-state index in [4.69, 9.17) is 0 Å². The Hall–Kier alpha value is -3.06. The van der Waals surface area contributed by atoms with E-state index in [0.717, 1.165) is 37.0 Å². The Balaban J connectivity index is 1.60. The van der Waals surface area contributed by atoms with E-state index in [1.165, 1.54) is 6.07 Å². The Morgan fingerprint density at radius 3 is 2.75 bits per heavy atom. The molecule has 0 bridgehead atoms. The first-order valence-corrected chi connectivity index (χ1v) is 9.43. The van der Waals surface area contributed by atoms with Crippen LogP contribution in [0.4, 0.5) is 4.39 Å². The van der Waals surface area contributed by atoms with E-state index in [1.54, 1.807) is 16.8 Å². The lowest BCUT2D eigenvalue weighted by molar-refractivity contribution is 0.454. The Kier molecular flexibility index (Phi) is 3.98. The molecule has 0 spiro atoms. The minimum absolute atomic E-state index is 0.0248. The minimum Gasteiger partial charge on any atom is -0.507 e. The molecule has 0 saturated carbocycles. The first kappa shape index (κ1) is 17.1. The van der Waals surface area contributed by atoms with Crippen LogP contribution in [0.15, 0.2) is 36.5 Å². The predicted molar refractivity (Wildman–Crippen MR) is 106 cm³/mol. The van der Waals surface area contributed by atoms with Gasteiger partial charge in [0.15, 0.2) is 5.82 Å². The number of hydrogen-bond donors (Lipinski definition) is 2. The van der Waals surface area contributed by atoms with Crippen LogP contribution in [0, 0.1) is 5.82 Å². The molecule has 1 aliphatic rings. The summed E-state index contributed by atoms with van der Waals surface area (Å²) in [7, 11) is 1.82. The van der Waals surface area contributed by atoms with Crippen LogP contribution in [-0.4, -0.2) is 37.9 Å². The second-order valence-corrected chi connectivity index (χ2v) is 7.35. The number of benzene rings is 1. The van der Waals surface area contributed by atoms with Crippen LogP contribution >= 0.6 is 0 Å². The molecule has 7 heteroatoms. The van der Waals surface area contributed by atoms with Crippen molar-refractivity contribution in [2.24, 2.45) is 7.05 Å². The smallest absolute Gasteiger partial charge is 0.153 e. The van der Waals surface area contributed by atoms with Crippen molar-refractivity contribution in [1.29, 1.82) is 0 Å². The Morgan fingerprint density at radius 1 is 1.11 bits per heavy atom. The number of nitrogens with zero attached hydrogens (tertiary/aromatic N) is 4. The number of aromatic nitrogens is 4. The number of phenols is 1. The van der Waals surface area contributed by atoms with Gasteiger partial charge < -0.3 is 10.4 Å². The number of fused-ring (bicyclic) bond motifs is 2. The monoisotopic (exact) mass is 377 g/mol. The quantitative estimate of drug-likeness (QED) is 0.559. The van der Waals surface area contributed by atoms with Crippen LogP contribution in [0.5, 0.6) is 5.75 Å². The zero-order valence-corrected chi connectivity index (χ0v) is 15.5. The van der Waals surface area contributed by atoms with Gasteiger partial charge in [-0.3, -0.25) is 4.68 Å². The summed E-state index contributed by atoms with van der Waals surface area (Å²) < 4.78 is 16.6. The van der Waals surface area contributed by atoms with E-state index in [0.29, 0.717) is 28.2 Å². The van der Waals surface area contributed by atoms with Gasteiger partial charge in [-0.15, -0.1) is 0 Å². The summed E-state index contributed by atoms with van der Waals surface area (Å²) in [5, 5.41) is 18.9. The van der Waals surface area contributed by atoms with Crippen molar-refractivity contribution in [1.82, 2.24) is 25.1 Å². The SMILES string of the molecule is Cn1cc2cc(-c3cc(F)c4nc(C5CCNCC5)ccc4n3)c(O)cc2n1. The summed E-state index contributed by atoms with van der Waals surface area (Å²) in [6.07, 6.45) is 3.86. The van der Waals surface area contributed by atoms with Crippen LogP contribution in [0.1, 0.15) is 24.5 Å². The topological polar surface area (TPSA) is 75.9 Å². The average Bonchev–Trinajstić information content (AvgIpc) is 3.06. The lowest BCUT2D eigenvalue weighted by Gasteiger charge is -2.22. The van der Waals surface area contributed by atoms with Gasteiger partial charge in [0.05, 0.1) is 16.7 Å². The summed E-state index contributed by atoms with van der Waals surface area (Å²) in [4.78, 5) is 9.13. The number of piperidine rings is 1. The van der Waals surface area contributed by atoms with Gasteiger partial charge in [-0.1, -0.05) is 0 Å². The standard InChI is InChI=1S/C21H20FN5O/c1-27-11-13-8-14(20(28)10-18(13)26-27)19-9-15(22)21-17(24-19)3-2-16(25-21)12-4-6-23-7-5-12/h2-3,8-12,23,28H,4-7H2,1H3. The summed E-state index contributed by atoms with van der Waals surface area (Å²) in [6, 6.07) is 8.47. The van der Waals surface area contributed by atoms with Gasteiger partial charge in [0.2, 0.25) is 0 Å². The van der Waals surface area contributed by atoms with Gasteiger partial charge in [-0.25, -0.2) is 14.4 Å². The number of rotatable bonds is 2. The van der Waals surface area contributed by atoms with Crippen molar-refractivity contribution in [3.8, 4) is 17.0 Å². The molecule has 1 fully saturated rings. The molecular weight excluding hydrogens is 357 g/mol. The van der Waals surface area contributed by atoms with E-state index >= 15 is 0 Å². The molecule has 0 amide bonds. The maximum absolute atomic E-state index is 14.9. The average molecular weight is 377 g/mol. The van der Waals surface area contributed by atoms with E-state index < -0.39 is 5.82 Å². The Bertz CT molecular complexity index is 1200. The van der Waals surface area contributed by atoms with Crippen molar-refractivity contribution in [2.75, 3.05) is 13.1 Å². The van der Waals surface area contributed by atoms with Gasteiger partial charge in [0, 0.05) is 47.9 Å². The molecule has 1 aliphatic heterocycles. The summed E-state index contributed by atoms with van der Waals surface area (Å²) >= 11 is 0. The Labute approximate surface area is 161 Å². The normalized spacial score (nSPS) is 15.5. The summed E-state index contributed by atoms with van der Waals surface area (Å²) in [5.41, 5.74) is 3.22. The molecule has 0 aliphatic carbocycles. The molecule has 0 radical (unpaired) electrons. The highest BCUT2D eigenvalue weighted by Gasteiger charge is 2.19. The van der Waals surface area contributed by atoms with E-state index in [9.17, 15) is 9.50 Å². The third-order valence-electron chi connectivity index (χ3n) is 5.40. The number of aromatic hydroxyl groups is 1. The zero-order chi connectivity index (χ0) is 19.3. The second kappa shape index (κ2) is 6.53. The maximum Gasteiger partial charge on any atom is 0.153 e. The van der Waals surface area contributed by atoms with Gasteiger partial charge in [0.1, 0.15) is 11.3 Å². The van der Waals surface area contributed by atoms with Crippen LogP contribution in [0.25, 0.3) is 33.2 Å². The molecule has 0 unspecified atom stereocenters. The maximum atomic E-state index is 14.9. The second-order valence-electron chi connectivity index (χ2n) is 7.35. The molecule has 28 heavy (non-hydrogen) atoms. The molecule has 0 atom stereocenters. The van der Waals surface area contributed by atoms with Crippen LogP contribution in [-0.2, 0) is 7.05 Å². The molecule has 5 rings (SSSR count). The van der Waals surface area contributed by atoms with E-state index in [2.05, 4.69) is 20.4 Å². The van der Waals surface area contributed by atoms with Crippen LogP contribution in [0.2, 0.25) is 0 Å². The van der Waals surface area contributed by atoms with Crippen molar-refractivity contribution < 1.29 is 9.50 Å².